The third-order valence-corrected chi connectivity index (χ3v) is 2.95. The lowest BCUT2D eigenvalue weighted by Crippen LogP contribution is -2.26. The van der Waals surface area contributed by atoms with Crippen molar-refractivity contribution in [2.45, 2.75) is 13.5 Å². The Labute approximate surface area is 111 Å². The first kappa shape index (κ1) is 12.7. The monoisotopic (exact) mass is 263 g/mol. The van der Waals surface area contributed by atoms with E-state index in [1.165, 1.54) is 6.26 Å². The van der Waals surface area contributed by atoms with Gasteiger partial charge in [-0.3, -0.25) is 4.79 Å². The average Bonchev–Trinajstić information content (AvgIpc) is 2.74. The molecule has 1 amide bonds. The van der Waals surface area contributed by atoms with E-state index in [0.717, 1.165) is 11.1 Å². The SMILES string of the molecule is Cc1ccoc1C(=O)N(C)Cc1cccc(Cl)c1. The zero-order valence-corrected chi connectivity index (χ0v) is 11.1. The fraction of sp³-hybridized carbons (Fsp3) is 0.214. The highest BCUT2D eigenvalue weighted by molar-refractivity contribution is 6.30. The Morgan fingerprint density at radius 2 is 2.17 bits per heavy atom. The summed E-state index contributed by atoms with van der Waals surface area (Å²) in [5.74, 6) is 0.261. The minimum atomic E-state index is -0.127. The highest BCUT2D eigenvalue weighted by Gasteiger charge is 2.17. The molecule has 2 rings (SSSR count). The Morgan fingerprint density at radius 1 is 1.39 bits per heavy atom. The van der Waals surface area contributed by atoms with Crippen molar-refractivity contribution in [1.82, 2.24) is 4.90 Å². The number of amides is 1. The van der Waals surface area contributed by atoms with Crippen LogP contribution in [0.1, 0.15) is 21.7 Å². The maximum atomic E-state index is 12.1. The second-order valence-corrected chi connectivity index (χ2v) is 4.66. The number of hydrogen-bond acceptors (Lipinski definition) is 2. The Hall–Kier alpha value is -1.74. The highest BCUT2D eigenvalue weighted by atomic mass is 35.5. The van der Waals surface area contributed by atoms with Crippen molar-refractivity contribution in [2.24, 2.45) is 0 Å². The summed E-state index contributed by atoms with van der Waals surface area (Å²) >= 11 is 5.91. The molecule has 0 saturated heterocycles. The van der Waals surface area contributed by atoms with E-state index in [-0.39, 0.29) is 5.91 Å². The van der Waals surface area contributed by atoms with E-state index in [1.807, 2.05) is 31.2 Å². The number of benzene rings is 1. The third-order valence-electron chi connectivity index (χ3n) is 2.71. The van der Waals surface area contributed by atoms with Crippen LogP contribution in [0, 0.1) is 6.92 Å². The van der Waals surface area contributed by atoms with Gasteiger partial charge in [-0.15, -0.1) is 0 Å². The van der Waals surface area contributed by atoms with Crippen LogP contribution in [0.3, 0.4) is 0 Å². The highest BCUT2D eigenvalue weighted by Crippen LogP contribution is 2.15. The fourth-order valence-electron chi connectivity index (χ4n) is 1.75. The second kappa shape index (κ2) is 5.27. The van der Waals surface area contributed by atoms with Crippen molar-refractivity contribution in [3.63, 3.8) is 0 Å². The van der Waals surface area contributed by atoms with Gasteiger partial charge in [0, 0.05) is 24.2 Å². The molecule has 0 aliphatic carbocycles. The van der Waals surface area contributed by atoms with Crippen molar-refractivity contribution in [3.05, 3.63) is 58.5 Å². The molecule has 0 aliphatic heterocycles. The predicted molar refractivity (Wildman–Crippen MR) is 70.7 cm³/mol. The molecule has 1 heterocycles. The Balaban J connectivity index is 2.11. The zero-order chi connectivity index (χ0) is 13.1. The smallest absolute Gasteiger partial charge is 0.289 e. The third kappa shape index (κ3) is 2.74. The normalized spacial score (nSPS) is 10.4. The molecular weight excluding hydrogens is 250 g/mol. The van der Waals surface area contributed by atoms with Crippen molar-refractivity contribution in [1.29, 1.82) is 0 Å². The van der Waals surface area contributed by atoms with Crippen LogP contribution in [0.2, 0.25) is 5.02 Å². The lowest BCUT2D eigenvalue weighted by atomic mass is 10.2. The van der Waals surface area contributed by atoms with Gasteiger partial charge < -0.3 is 9.32 Å². The minimum Gasteiger partial charge on any atom is -0.459 e. The summed E-state index contributed by atoms with van der Waals surface area (Å²) < 4.78 is 5.19. The molecule has 0 bridgehead atoms. The van der Waals surface area contributed by atoms with Gasteiger partial charge in [0.2, 0.25) is 0 Å². The average molecular weight is 264 g/mol. The van der Waals surface area contributed by atoms with Crippen molar-refractivity contribution < 1.29 is 9.21 Å². The van der Waals surface area contributed by atoms with E-state index >= 15 is 0 Å². The number of aryl methyl sites for hydroxylation is 1. The first-order chi connectivity index (χ1) is 8.58. The first-order valence-corrected chi connectivity index (χ1v) is 5.99. The predicted octanol–water partition coefficient (Wildman–Crippen LogP) is 3.51. The van der Waals surface area contributed by atoms with Crippen LogP contribution in [0.4, 0.5) is 0 Å². The van der Waals surface area contributed by atoms with E-state index in [2.05, 4.69) is 0 Å². The molecule has 3 nitrogen and oxygen atoms in total. The van der Waals surface area contributed by atoms with Gasteiger partial charge in [0.1, 0.15) is 0 Å². The maximum absolute atomic E-state index is 12.1. The van der Waals surface area contributed by atoms with Crippen LogP contribution >= 0.6 is 11.6 Å². The van der Waals surface area contributed by atoms with Gasteiger partial charge in [-0.25, -0.2) is 0 Å². The van der Waals surface area contributed by atoms with E-state index < -0.39 is 0 Å². The molecule has 0 spiro atoms. The molecule has 0 N–H and O–H groups in total. The first-order valence-electron chi connectivity index (χ1n) is 5.62. The molecule has 94 valence electrons. The Morgan fingerprint density at radius 3 is 2.78 bits per heavy atom. The Kier molecular flexibility index (Phi) is 3.72. The van der Waals surface area contributed by atoms with Crippen LogP contribution in [-0.4, -0.2) is 17.9 Å². The summed E-state index contributed by atoms with van der Waals surface area (Å²) in [4.78, 5) is 13.7. The molecular formula is C14H14ClNO2. The summed E-state index contributed by atoms with van der Waals surface area (Å²) in [6.45, 7) is 2.35. The lowest BCUT2D eigenvalue weighted by molar-refractivity contribution is 0.0752. The van der Waals surface area contributed by atoms with Gasteiger partial charge in [-0.2, -0.15) is 0 Å². The summed E-state index contributed by atoms with van der Waals surface area (Å²) in [5.41, 5.74) is 1.83. The number of hydrogen-bond donors (Lipinski definition) is 0. The van der Waals surface area contributed by atoms with E-state index in [0.29, 0.717) is 17.3 Å². The largest absolute Gasteiger partial charge is 0.459 e. The topological polar surface area (TPSA) is 33.5 Å². The summed E-state index contributed by atoms with van der Waals surface area (Å²) in [6, 6.07) is 9.24. The quantitative estimate of drug-likeness (QED) is 0.849. The number of carbonyl (C=O) groups excluding carboxylic acids is 1. The second-order valence-electron chi connectivity index (χ2n) is 4.22. The van der Waals surface area contributed by atoms with Gasteiger partial charge in [0.15, 0.2) is 5.76 Å². The molecule has 0 atom stereocenters. The molecule has 1 aromatic heterocycles. The zero-order valence-electron chi connectivity index (χ0n) is 10.3. The van der Waals surface area contributed by atoms with Gasteiger partial charge >= 0.3 is 0 Å². The summed E-state index contributed by atoms with van der Waals surface area (Å²) in [7, 11) is 1.74. The minimum absolute atomic E-state index is 0.127. The van der Waals surface area contributed by atoms with Crippen LogP contribution in [-0.2, 0) is 6.54 Å². The lowest BCUT2D eigenvalue weighted by Gasteiger charge is -2.16. The number of furan rings is 1. The number of carbonyl (C=O) groups is 1. The Bertz CT molecular complexity index is 562. The van der Waals surface area contributed by atoms with Gasteiger partial charge in [0.05, 0.1) is 6.26 Å². The molecule has 2 aromatic rings. The summed E-state index contributed by atoms with van der Waals surface area (Å²) in [6.07, 6.45) is 1.52. The number of nitrogens with zero attached hydrogens (tertiary/aromatic N) is 1. The number of halogens is 1. The molecule has 0 unspecified atom stereocenters. The molecule has 4 heteroatoms. The van der Waals surface area contributed by atoms with Crippen molar-refractivity contribution >= 4 is 17.5 Å². The molecule has 0 fully saturated rings. The van der Waals surface area contributed by atoms with Crippen LogP contribution < -0.4 is 0 Å². The molecule has 0 aliphatic rings. The number of rotatable bonds is 3. The molecule has 0 saturated carbocycles. The van der Waals surface area contributed by atoms with Gasteiger partial charge in [-0.1, -0.05) is 23.7 Å². The van der Waals surface area contributed by atoms with Crippen LogP contribution in [0.5, 0.6) is 0 Å². The standard InChI is InChI=1S/C14H14ClNO2/c1-10-6-7-18-13(10)14(17)16(2)9-11-4-3-5-12(15)8-11/h3-8H,9H2,1-2H3. The van der Waals surface area contributed by atoms with Crippen molar-refractivity contribution in [2.75, 3.05) is 7.05 Å². The fourth-order valence-corrected chi connectivity index (χ4v) is 1.96. The molecule has 1 aromatic carbocycles. The molecule has 18 heavy (non-hydrogen) atoms. The van der Waals surface area contributed by atoms with Crippen molar-refractivity contribution in [3.8, 4) is 0 Å². The molecule has 0 radical (unpaired) electrons. The van der Waals surface area contributed by atoms with E-state index in [1.54, 1.807) is 18.0 Å². The summed E-state index contributed by atoms with van der Waals surface area (Å²) in [5, 5.41) is 0.669. The van der Waals surface area contributed by atoms with E-state index in [4.69, 9.17) is 16.0 Å². The van der Waals surface area contributed by atoms with E-state index in [9.17, 15) is 4.79 Å². The maximum Gasteiger partial charge on any atom is 0.289 e. The van der Waals surface area contributed by atoms with Crippen LogP contribution in [0.25, 0.3) is 0 Å². The van der Waals surface area contributed by atoms with Gasteiger partial charge in [-0.05, 0) is 30.7 Å². The van der Waals surface area contributed by atoms with Gasteiger partial charge in [0.25, 0.3) is 5.91 Å². The van der Waals surface area contributed by atoms with Crippen LogP contribution in [0.15, 0.2) is 41.0 Å².